The molecule has 1 aromatic rings. The number of hydrogen-bond donors (Lipinski definition) is 1. The molecule has 0 aliphatic rings. The van der Waals surface area contributed by atoms with Crippen LogP contribution in [0.15, 0.2) is 21.6 Å². The summed E-state index contributed by atoms with van der Waals surface area (Å²) in [5.41, 5.74) is -0.111. The molecular formula is C9H6BrNO4. The van der Waals surface area contributed by atoms with Crippen molar-refractivity contribution in [3.05, 3.63) is 22.2 Å². The van der Waals surface area contributed by atoms with Crippen LogP contribution in [-0.4, -0.2) is 24.3 Å². The maximum Gasteiger partial charge on any atom is 0.341 e. The summed E-state index contributed by atoms with van der Waals surface area (Å²) in [6, 6.07) is 2.75. The number of phenols is 1. The van der Waals surface area contributed by atoms with Gasteiger partial charge in [-0.15, -0.1) is 0 Å². The number of ether oxygens (including phenoxy) is 1. The third-order valence-electron chi connectivity index (χ3n) is 1.63. The number of esters is 1. The molecule has 0 saturated heterocycles. The van der Waals surface area contributed by atoms with Crippen molar-refractivity contribution >= 4 is 33.7 Å². The molecule has 78 valence electrons. The number of phenolic OH excluding ortho intramolecular Hbond substituents is 1. The fourth-order valence-electron chi connectivity index (χ4n) is 0.985. The van der Waals surface area contributed by atoms with E-state index in [1.165, 1.54) is 25.3 Å². The molecule has 0 unspecified atom stereocenters. The molecule has 1 N–H and O–H groups in total. The molecule has 0 heterocycles. The van der Waals surface area contributed by atoms with E-state index in [0.29, 0.717) is 4.47 Å². The lowest BCUT2D eigenvalue weighted by Crippen LogP contribution is -2.01. The van der Waals surface area contributed by atoms with Crippen molar-refractivity contribution in [3.8, 4) is 5.75 Å². The quantitative estimate of drug-likeness (QED) is 0.507. The fourth-order valence-corrected chi connectivity index (χ4v) is 1.43. The lowest BCUT2D eigenvalue weighted by atomic mass is 10.2. The molecule has 0 amide bonds. The van der Waals surface area contributed by atoms with Gasteiger partial charge in [0.15, 0.2) is 5.75 Å². The summed E-state index contributed by atoms with van der Waals surface area (Å²) in [6.45, 7) is 0. The molecule has 0 fully saturated rings. The van der Waals surface area contributed by atoms with Gasteiger partial charge < -0.3 is 9.84 Å². The highest BCUT2D eigenvalue weighted by atomic mass is 79.9. The van der Waals surface area contributed by atoms with E-state index in [9.17, 15) is 14.7 Å². The molecule has 0 aromatic heterocycles. The Labute approximate surface area is 93.5 Å². The van der Waals surface area contributed by atoms with Crippen LogP contribution in [0.5, 0.6) is 5.75 Å². The Morgan fingerprint density at radius 1 is 1.60 bits per heavy atom. The first kappa shape index (κ1) is 11.4. The normalized spacial score (nSPS) is 9.20. The van der Waals surface area contributed by atoms with Gasteiger partial charge in [-0.3, -0.25) is 0 Å². The predicted octanol–water partition coefficient (Wildman–Crippen LogP) is 1.91. The second-order valence-corrected chi connectivity index (χ2v) is 3.43. The SMILES string of the molecule is COC(=O)c1cc(Br)cc(N=C=O)c1O. The second kappa shape index (κ2) is 4.72. The zero-order chi connectivity index (χ0) is 11.4. The summed E-state index contributed by atoms with van der Waals surface area (Å²) < 4.78 is 4.94. The molecular weight excluding hydrogens is 266 g/mol. The number of hydrogen-bond acceptors (Lipinski definition) is 5. The van der Waals surface area contributed by atoms with E-state index in [0.717, 1.165) is 0 Å². The van der Waals surface area contributed by atoms with Gasteiger partial charge in [0, 0.05) is 4.47 Å². The van der Waals surface area contributed by atoms with E-state index in [1.54, 1.807) is 0 Å². The second-order valence-electron chi connectivity index (χ2n) is 2.52. The molecule has 0 aliphatic heterocycles. The number of benzene rings is 1. The summed E-state index contributed by atoms with van der Waals surface area (Å²) in [7, 11) is 1.19. The number of carbonyl (C=O) groups excluding carboxylic acids is 2. The molecule has 1 aromatic carbocycles. The molecule has 0 radical (unpaired) electrons. The molecule has 0 atom stereocenters. The van der Waals surface area contributed by atoms with Gasteiger partial charge in [0.25, 0.3) is 0 Å². The van der Waals surface area contributed by atoms with Crippen LogP contribution in [0.3, 0.4) is 0 Å². The standard InChI is InChI=1S/C9H6BrNO4/c1-15-9(14)6-2-5(10)3-7(8(6)13)11-4-12/h2-3,13H,1H3. The zero-order valence-corrected chi connectivity index (χ0v) is 9.24. The van der Waals surface area contributed by atoms with Crippen molar-refractivity contribution in [1.29, 1.82) is 0 Å². The zero-order valence-electron chi connectivity index (χ0n) is 7.65. The van der Waals surface area contributed by atoms with Crippen molar-refractivity contribution in [2.24, 2.45) is 4.99 Å². The van der Waals surface area contributed by atoms with Crippen LogP contribution in [0.1, 0.15) is 10.4 Å². The minimum Gasteiger partial charge on any atom is -0.505 e. The van der Waals surface area contributed by atoms with Crippen LogP contribution in [0.2, 0.25) is 0 Å². The third-order valence-corrected chi connectivity index (χ3v) is 2.08. The van der Waals surface area contributed by atoms with E-state index in [4.69, 9.17) is 0 Å². The first-order valence-corrected chi connectivity index (χ1v) is 4.58. The van der Waals surface area contributed by atoms with E-state index < -0.39 is 11.7 Å². The van der Waals surface area contributed by atoms with Gasteiger partial charge in [-0.2, -0.15) is 4.99 Å². The Balaban J connectivity index is 3.40. The van der Waals surface area contributed by atoms with Gasteiger partial charge in [-0.05, 0) is 12.1 Å². The first-order chi connectivity index (χ1) is 7.10. The summed E-state index contributed by atoms with van der Waals surface area (Å²) in [4.78, 5) is 24.5. The number of isocyanates is 1. The Hall–Kier alpha value is -1.65. The number of methoxy groups -OCH3 is 1. The van der Waals surface area contributed by atoms with Gasteiger partial charge in [0.1, 0.15) is 11.3 Å². The average Bonchev–Trinajstić information content (AvgIpc) is 2.22. The monoisotopic (exact) mass is 271 g/mol. The summed E-state index contributed by atoms with van der Waals surface area (Å²) in [5, 5.41) is 9.55. The Kier molecular flexibility index (Phi) is 3.60. The molecule has 5 nitrogen and oxygen atoms in total. The molecule has 15 heavy (non-hydrogen) atoms. The topological polar surface area (TPSA) is 76.0 Å². The smallest absolute Gasteiger partial charge is 0.341 e. The highest BCUT2D eigenvalue weighted by molar-refractivity contribution is 9.10. The Morgan fingerprint density at radius 3 is 2.80 bits per heavy atom. The van der Waals surface area contributed by atoms with E-state index in [-0.39, 0.29) is 11.3 Å². The molecule has 0 saturated carbocycles. The molecule has 0 aliphatic carbocycles. The largest absolute Gasteiger partial charge is 0.505 e. The van der Waals surface area contributed by atoms with Crippen molar-refractivity contribution in [2.75, 3.05) is 7.11 Å². The molecule has 1 rings (SSSR count). The van der Waals surface area contributed by atoms with Gasteiger partial charge >= 0.3 is 5.97 Å². The van der Waals surface area contributed by atoms with Crippen LogP contribution < -0.4 is 0 Å². The van der Waals surface area contributed by atoms with E-state index in [2.05, 4.69) is 25.7 Å². The van der Waals surface area contributed by atoms with Gasteiger partial charge in [-0.25, -0.2) is 9.59 Å². The van der Waals surface area contributed by atoms with Gasteiger partial charge in [0.05, 0.1) is 7.11 Å². The van der Waals surface area contributed by atoms with Crippen LogP contribution in [0, 0.1) is 0 Å². The average molecular weight is 272 g/mol. The summed E-state index contributed by atoms with van der Waals surface area (Å²) in [6.07, 6.45) is 1.28. The van der Waals surface area contributed by atoms with Crippen LogP contribution >= 0.6 is 15.9 Å². The highest BCUT2D eigenvalue weighted by Crippen LogP contribution is 2.33. The van der Waals surface area contributed by atoms with Crippen molar-refractivity contribution in [3.63, 3.8) is 0 Å². The van der Waals surface area contributed by atoms with Gasteiger partial charge in [0.2, 0.25) is 6.08 Å². The molecule has 6 heteroatoms. The first-order valence-electron chi connectivity index (χ1n) is 3.79. The number of carbonyl (C=O) groups is 1. The number of halogens is 1. The van der Waals surface area contributed by atoms with Crippen molar-refractivity contribution in [1.82, 2.24) is 0 Å². The minimum atomic E-state index is -0.712. The highest BCUT2D eigenvalue weighted by Gasteiger charge is 2.16. The number of nitrogens with zero attached hydrogens (tertiary/aromatic N) is 1. The molecule has 0 spiro atoms. The summed E-state index contributed by atoms with van der Waals surface area (Å²) >= 11 is 3.11. The fraction of sp³-hybridized carbons (Fsp3) is 0.111. The van der Waals surface area contributed by atoms with Gasteiger partial charge in [-0.1, -0.05) is 15.9 Å². The van der Waals surface area contributed by atoms with Crippen molar-refractivity contribution < 1.29 is 19.4 Å². The van der Waals surface area contributed by atoms with Crippen LogP contribution in [0.4, 0.5) is 5.69 Å². The Morgan fingerprint density at radius 2 is 2.27 bits per heavy atom. The van der Waals surface area contributed by atoms with E-state index in [1.807, 2.05) is 0 Å². The lowest BCUT2D eigenvalue weighted by Gasteiger charge is -2.05. The van der Waals surface area contributed by atoms with Crippen LogP contribution in [0.25, 0.3) is 0 Å². The third kappa shape index (κ3) is 2.43. The Bertz CT molecular complexity index is 452. The predicted molar refractivity (Wildman–Crippen MR) is 54.9 cm³/mol. The maximum absolute atomic E-state index is 11.2. The number of aromatic hydroxyl groups is 1. The maximum atomic E-state index is 11.2. The lowest BCUT2D eigenvalue weighted by molar-refractivity contribution is 0.0597. The van der Waals surface area contributed by atoms with Crippen molar-refractivity contribution in [2.45, 2.75) is 0 Å². The van der Waals surface area contributed by atoms with E-state index >= 15 is 0 Å². The van der Waals surface area contributed by atoms with Crippen LogP contribution in [-0.2, 0) is 9.53 Å². The minimum absolute atomic E-state index is 0.0419. The number of rotatable bonds is 2. The summed E-state index contributed by atoms with van der Waals surface area (Å²) in [5.74, 6) is -1.12. The molecule has 0 bridgehead atoms. The number of aliphatic imine (C=N–C) groups is 1.